The minimum absolute atomic E-state index is 0.253. The lowest BCUT2D eigenvalue weighted by Crippen LogP contribution is -2.35. The first-order chi connectivity index (χ1) is 8.20. The Kier molecular flexibility index (Phi) is 3.58. The maximum Gasteiger partial charge on any atom is 0.267 e. The summed E-state index contributed by atoms with van der Waals surface area (Å²) in [5.74, 6) is 0.681. The molecule has 1 fully saturated rings. The van der Waals surface area contributed by atoms with Crippen LogP contribution >= 0.6 is 0 Å². The second-order valence-electron chi connectivity index (χ2n) is 4.36. The number of anilines is 1. The van der Waals surface area contributed by atoms with Gasteiger partial charge in [-0.1, -0.05) is 6.07 Å². The van der Waals surface area contributed by atoms with E-state index in [1.165, 1.54) is 0 Å². The van der Waals surface area contributed by atoms with E-state index in [1.54, 1.807) is 12.1 Å². The van der Waals surface area contributed by atoms with Gasteiger partial charge in [0.05, 0.1) is 0 Å². The number of nitrogens with zero attached hydrogens (tertiary/aromatic N) is 2. The number of aliphatic hydroxyl groups excluding tert-OH is 1. The Bertz CT molecular complexity index is 400. The monoisotopic (exact) mass is 235 g/mol. The highest BCUT2D eigenvalue weighted by molar-refractivity contribution is 5.91. The standard InChI is InChI=1S/C12H17N3O2/c13-12(17)10-2-1-3-11(14-10)15-6-4-9(8-16)5-7-15/h1-3,9,16H,4-8H2,(H2,13,17). The second kappa shape index (κ2) is 5.14. The van der Waals surface area contributed by atoms with Crippen molar-refractivity contribution in [1.29, 1.82) is 0 Å². The van der Waals surface area contributed by atoms with Crippen LogP contribution in [0.15, 0.2) is 18.2 Å². The zero-order valence-electron chi connectivity index (χ0n) is 9.67. The van der Waals surface area contributed by atoms with Gasteiger partial charge in [-0.3, -0.25) is 4.79 Å². The number of rotatable bonds is 3. The van der Waals surface area contributed by atoms with Crippen molar-refractivity contribution in [3.63, 3.8) is 0 Å². The van der Waals surface area contributed by atoms with Gasteiger partial charge in [0.1, 0.15) is 11.5 Å². The summed E-state index contributed by atoms with van der Waals surface area (Å²) in [6, 6.07) is 5.29. The van der Waals surface area contributed by atoms with E-state index in [-0.39, 0.29) is 6.61 Å². The van der Waals surface area contributed by atoms with Crippen molar-refractivity contribution in [1.82, 2.24) is 4.98 Å². The number of amides is 1. The van der Waals surface area contributed by atoms with Gasteiger partial charge in [-0.2, -0.15) is 0 Å². The highest BCUT2D eigenvalue weighted by Crippen LogP contribution is 2.21. The van der Waals surface area contributed by atoms with Crippen molar-refractivity contribution in [2.75, 3.05) is 24.6 Å². The van der Waals surface area contributed by atoms with E-state index in [1.807, 2.05) is 6.07 Å². The fourth-order valence-electron chi connectivity index (χ4n) is 2.08. The molecule has 1 aliphatic heterocycles. The molecular weight excluding hydrogens is 218 g/mol. The summed E-state index contributed by atoms with van der Waals surface area (Å²) in [5, 5.41) is 9.07. The topological polar surface area (TPSA) is 79.5 Å². The van der Waals surface area contributed by atoms with Crippen LogP contribution in [0.1, 0.15) is 23.3 Å². The molecule has 1 aromatic heterocycles. The van der Waals surface area contributed by atoms with Crippen molar-refractivity contribution in [2.24, 2.45) is 11.7 Å². The number of pyridine rings is 1. The number of piperidine rings is 1. The molecule has 0 bridgehead atoms. The Hall–Kier alpha value is -1.62. The lowest BCUT2D eigenvalue weighted by molar-refractivity contribution is 0.0995. The van der Waals surface area contributed by atoms with Gasteiger partial charge in [0.15, 0.2) is 0 Å². The van der Waals surface area contributed by atoms with E-state index in [2.05, 4.69) is 9.88 Å². The number of hydrogen-bond acceptors (Lipinski definition) is 4. The summed E-state index contributed by atoms with van der Waals surface area (Å²) in [6.45, 7) is 1.98. The van der Waals surface area contributed by atoms with Gasteiger partial charge in [0, 0.05) is 19.7 Å². The Morgan fingerprint density at radius 2 is 2.18 bits per heavy atom. The third kappa shape index (κ3) is 2.74. The maximum absolute atomic E-state index is 11.0. The molecule has 1 saturated heterocycles. The average Bonchev–Trinajstić information content (AvgIpc) is 2.39. The molecule has 92 valence electrons. The molecule has 3 N–H and O–H groups in total. The van der Waals surface area contributed by atoms with Gasteiger partial charge in [-0.25, -0.2) is 4.98 Å². The van der Waals surface area contributed by atoms with E-state index in [4.69, 9.17) is 10.8 Å². The average molecular weight is 235 g/mol. The van der Waals surface area contributed by atoms with Crippen molar-refractivity contribution >= 4 is 11.7 Å². The van der Waals surface area contributed by atoms with E-state index >= 15 is 0 Å². The van der Waals surface area contributed by atoms with Crippen LogP contribution in [0.5, 0.6) is 0 Å². The van der Waals surface area contributed by atoms with Crippen LogP contribution in [-0.2, 0) is 0 Å². The molecule has 0 spiro atoms. The van der Waals surface area contributed by atoms with Gasteiger partial charge in [-0.15, -0.1) is 0 Å². The third-order valence-electron chi connectivity index (χ3n) is 3.18. The highest BCUT2D eigenvalue weighted by atomic mass is 16.3. The van der Waals surface area contributed by atoms with Crippen molar-refractivity contribution in [3.05, 3.63) is 23.9 Å². The highest BCUT2D eigenvalue weighted by Gasteiger charge is 2.19. The summed E-state index contributed by atoms with van der Waals surface area (Å²) >= 11 is 0. The number of carbonyl (C=O) groups is 1. The second-order valence-corrected chi connectivity index (χ2v) is 4.36. The van der Waals surface area contributed by atoms with Crippen LogP contribution in [0, 0.1) is 5.92 Å². The molecule has 0 radical (unpaired) electrons. The smallest absolute Gasteiger partial charge is 0.267 e. The Balaban J connectivity index is 2.08. The van der Waals surface area contributed by atoms with Gasteiger partial charge in [0.2, 0.25) is 0 Å². The summed E-state index contributed by atoms with van der Waals surface area (Å²) in [6.07, 6.45) is 1.91. The molecule has 0 atom stereocenters. The molecule has 1 aromatic rings. The van der Waals surface area contributed by atoms with E-state index in [0.717, 1.165) is 31.7 Å². The predicted octanol–water partition coefficient (Wildman–Crippen LogP) is 0.389. The van der Waals surface area contributed by atoms with E-state index in [0.29, 0.717) is 11.6 Å². The van der Waals surface area contributed by atoms with Gasteiger partial charge in [0.25, 0.3) is 5.91 Å². The normalized spacial score (nSPS) is 17.1. The molecule has 17 heavy (non-hydrogen) atoms. The molecule has 5 heteroatoms. The van der Waals surface area contributed by atoms with Crippen molar-refractivity contribution < 1.29 is 9.90 Å². The molecular formula is C12H17N3O2. The van der Waals surface area contributed by atoms with Crippen LogP contribution in [0.2, 0.25) is 0 Å². The molecule has 0 unspecified atom stereocenters. The first kappa shape index (κ1) is 11.9. The molecule has 0 aliphatic carbocycles. The van der Waals surface area contributed by atoms with E-state index < -0.39 is 5.91 Å². The summed E-state index contributed by atoms with van der Waals surface area (Å²) in [7, 11) is 0. The summed E-state index contributed by atoms with van der Waals surface area (Å²) < 4.78 is 0. The van der Waals surface area contributed by atoms with Crippen LogP contribution in [0.4, 0.5) is 5.82 Å². The maximum atomic E-state index is 11.0. The largest absolute Gasteiger partial charge is 0.396 e. The Morgan fingerprint density at radius 1 is 1.47 bits per heavy atom. The molecule has 2 rings (SSSR count). The van der Waals surface area contributed by atoms with Gasteiger partial charge >= 0.3 is 0 Å². The first-order valence-corrected chi connectivity index (χ1v) is 5.83. The lowest BCUT2D eigenvalue weighted by Gasteiger charge is -2.32. The number of nitrogens with two attached hydrogens (primary N) is 1. The van der Waals surface area contributed by atoms with E-state index in [9.17, 15) is 4.79 Å². The van der Waals surface area contributed by atoms with Crippen molar-refractivity contribution in [2.45, 2.75) is 12.8 Å². The quantitative estimate of drug-likeness (QED) is 0.794. The number of hydrogen-bond donors (Lipinski definition) is 2. The van der Waals surface area contributed by atoms with Crippen LogP contribution in [-0.4, -0.2) is 35.7 Å². The molecule has 1 amide bonds. The number of aromatic nitrogens is 1. The van der Waals surface area contributed by atoms with Crippen LogP contribution in [0.25, 0.3) is 0 Å². The fourth-order valence-corrected chi connectivity index (χ4v) is 2.08. The van der Waals surface area contributed by atoms with Gasteiger partial charge < -0.3 is 15.7 Å². The zero-order chi connectivity index (χ0) is 12.3. The summed E-state index contributed by atoms with van der Waals surface area (Å²) in [5.41, 5.74) is 5.50. The predicted molar refractivity (Wildman–Crippen MR) is 64.8 cm³/mol. The number of carbonyl (C=O) groups excluding carboxylic acids is 1. The fraction of sp³-hybridized carbons (Fsp3) is 0.500. The number of aliphatic hydroxyl groups is 1. The summed E-state index contributed by atoms with van der Waals surface area (Å²) in [4.78, 5) is 17.4. The Labute approximate surface area is 100 Å². The zero-order valence-corrected chi connectivity index (χ0v) is 9.67. The molecule has 2 heterocycles. The van der Waals surface area contributed by atoms with Crippen LogP contribution in [0.3, 0.4) is 0 Å². The Morgan fingerprint density at radius 3 is 2.76 bits per heavy atom. The number of primary amides is 1. The first-order valence-electron chi connectivity index (χ1n) is 5.83. The van der Waals surface area contributed by atoms with Crippen molar-refractivity contribution in [3.8, 4) is 0 Å². The minimum Gasteiger partial charge on any atom is -0.396 e. The lowest BCUT2D eigenvalue weighted by atomic mass is 9.98. The minimum atomic E-state index is -0.503. The van der Waals surface area contributed by atoms with Crippen LogP contribution < -0.4 is 10.6 Å². The molecule has 1 aliphatic rings. The van der Waals surface area contributed by atoms with Gasteiger partial charge in [-0.05, 0) is 30.9 Å². The SMILES string of the molecule is NC(=O)c1cccc(N2CCC(CO)CC2)n1. The molecule has 0 saturated carbocycles. The molecule has 5 nitrogen and oxygen atoms in total. The molecule has 0 aromatic carbocycles. The third-order valence-corrected chi connectivity index (χ3v) is 3.18.